The van der Waals surface area contributed by atoms with Crippen LogP contribution < -0.4 is 0 Å². The van der Waals surface area contributed by atoms with E-state index in [1.54, 1.807) is 6.07 Å². The Morgan fingerprint density at radius 1 is 1.17 bits per heavy atom. The molecule has 1 atom stereocenters. The number of rotatable bonds is 4. The third-order valence-electron chi connectivity index (χ3n) is 3.54. The maximum atomic E-state index is 14.1. The van der Waals surface area contributed by atoms with Crippen molar-refractivity contribution in [3.8, 4) is 17.2 Å². The zero-order valence-electron chi connectivity index (χ0n) is 12.5. The van der Waals surface area contributed by atoms with Crippen LogP contribution in [0.3, 0.4) is 0 Å². The topological polar surface area (TPSA) is 49.6 Å². The third-order valence-corrected chi connectivity index (χ3v) is 3.81. The van der Waals surface area contributed by atoms with E-state index in [9.17, 15) is 13.2 Å². The Kier molecular flexibility index (Phi) is 5.22. The minimum absolute atomic E-state index is 0.0408. The number of hydrogen-bond acceptors (Lipinski definition) is 3. The number of halogens is 4. The molecule has 0 aliphatic heterocycles. The van der Waals surface area contributed by atoms with Crippen LogP contribution in [0.4, 0.5) is 13.2 Å². The van der Waals surface area contributed by atoms with Gasteiger partial charge in [-0.15, -0.1) is 0 Å². The lowest BCUT2D eigenvalue weighted by molar-refractivity contribution is 0.542. The number of hydrogen-bond donors (Lipinski definition) is 0. The highest BCUT2D eigenvalue weighted by Gasteiger charge is 2.23. The highest BCUT2D eigenvalue weighted by Crippen LogP contribution is 2.35. The van der Waals surface area contributed by atoms with Crippen LogP contribution in [0.2, 0.25) is 5.15 Å². The molecule has 1 heterocycles. The number of nitriles is 1. The predicted molar refractivity (Wildman–Crippen MR) is 80.2 cm³/mol. The van der Waals surface area contributed by atoms with Crippen molar-refractivity contribution in [2.45, 2.75) is 26.7 Å². The molecule has 23 heavy (non-hydrogen) atoms. The lowest BCUT2D eigenvalue weighted by Crippen LogP contribution is -2.08. The van der Waals surface area contributed by atoms with Crippen LogP contribution in [0.25, 0.3) is 11.1 Å². The van der Waals surface area contributed by atoms with Crippen molar-refractivity contribution in [3.63, 3.8) is 0 Å². The lowest BCUT2D eigenvalue weighted by Gasteiger charge is -2.15. The van der Waals surface area contributed by atoms with Gasteiger partial charge >= 0.3 is 0 Å². The molecule has 1 aromatic heterocycles. The van der Waals surface area contributed by atoms with Gasteiger partial charge in [-0.25, -0.2) is 23.1 Å². The van der Waals surface area contributed by atoms with Gasteiger partial charge in [0.15, 0.2) is 0 Å². The normalized spacial score (nSPS) is 12.0. The van der Waals surface area contributed by atoms with Crippen molar-refractivity contribution < 1.29 is 13.2 Å². The number of benzene rings is 1. The Morgan fingerprint density at radius 2 is 1.78 bits per heavy atom. The fourth-order valence-electron chi connectivity index (χ4n) is 2.18. The third kappa shape index (κ3) is 3.62. The molecule has 0 saturated carbocycles. The Hall–Kier alpha value is -2.13. The summed E-state index contributed by atoms with van der Waals surface area (Å²) in [6, 6.07) is 2.90. The molecule has 3 nitrogen and oxygen atoms in total. The van der Waals surface area contributed by atoms with Gasteiger partial charge in [0.2, 0.25) is 5.82 Å². The molecule has 0 radical (unpaired) electrons. The monoisotopic (exact) mass is 339 g/mol. The van der Waals surface area contributed by atoms with E-state index in [1.165, 1.54) is 0 Å². The number of aromatic nitrogens is 2. The second-order valence-electron chi connectivity index (χ2n) is 5.23. The molecular weight excluding hydrogens is 327 g/mol. The molecular formula is C16H13ClF3N3. The van der Waals surface area contributed by atoms with E-state index >= 15 is 0 Å². The Balaban J connectivity index is 2.73. The van der Waals surface area contributed by atoms with E-state index in [0.29, 0.717) is 18.6 Å². The SMILES string of the molecule is CCC(C)Cc1nc(C#N)nc(Cl)c1-c1c(F)cc(F)cc1F. The summed E-state index contributed by atoms with van der Waals surface area (Å²) in [5, 5.41) is 8.72. The first kappa shape index (κ1) is 17.2. The van der Waals surface area contributed by atoms with Crippen molar-refractivity contribution in [1.29, 1.82) is 5.26 Å². The van der Waals surface area contributed by atoms with Gasteiger partial charge < -0.3 is 0 Å². The Bertz CT molecular complexity index is 764. The van der Waals surface area contributed by atoms with Gasteiger partial charge in [-0.1, -0.05) is 31.9 Å². The molecule has 1 aromatic carbocycles. The summed E-state index contributed by atoms with van der Waals surface area (Å²) >= 11 is 6.03. The van der Waals surface area contributed by atoms with Crippen molar-refractivity contribution in [2.24, 2.45) is 5.92 Å². The largest absolute Gasteiger partial charge is 0.233 e. The van der Waals surface area contributed by atoms with E-state index in [-0.39, 0.29) is 28.2 Å². The van der Waals surface area contributed by atoms with Crippen LogP contribution in [-0.2, 0) is 6.42 Å². The second kappa shape index (κ2) is 6.97. The van der Waals surface area contributed by atoms with E-state index in [1.807, 2.05) is 13.8 Å². The predicted octanol–water partition coefficient (Wildman–Crippen LogP) is 4.67. The van der Waals surface area contributed by atoms with Crippen molar-refractivity contribution in [3.05, 3.63) is 46.3 Å². The summed E-state index contributed by atoms with van der Waals surface area (Å²) in [4.78, 5) is 7.77. The van der Waals surface area contributed by atoms with E-state index < -0.39 is 23.0 Å². The first-order chi connectivity index (χ1) is 10.9. The summed E-state index contributed by atoms with van der Waals surface area (Å²) in [5.74, 6) is -3.25. The highest BCUT2D eigenvalue weighted by molar-refractivity contribution is 6.32. The van der Waals surface area contributed by atoms with Gasteiger partial charge in [-0.05, 0) is 12.3 Å². The average molecular weight is 340 g/mol. The van der Waals surface area contributed by atoms with E-state index in [4.69, 9.17) is 16.9 Å². The molecule has 1 unspecified atom stereocenters. The molecule has 0 aliphatic rings. The smallest absolute Gasteiger partial charge is 0.223 e. The molecule has 0 spiro atoms. The Labute approximate surface area is 136 Å². The van der Waals surface area contributed by atoms with Gasteiger partial charge in [0.25, 0.3) is 0 Å². The van der Waals surface area contributed by atoms with Crippen LogP contribution in [0.15, 0.2) is 12.1 Å². The lowest BCUT2D eigenvalue weighted by atomic mass is 9.96. The van der Waals surface area contributed by atoms with Crippen LogP contribution in [0.1, 0.15) is 31.8 Å². The molecule has 0 N–H and O–H groups in total. The van der Waals surface area contributed by atoms with Gasteiger partial charge in [0, 0.05) is 17.7 Å². The summed E-state index contributed by atoms with van der Waals surface area (Å²) in [6.45, 7) is 3.89. The molecule has 2 rings (SSSR count). The summed E-state index contributed by atoms with van der Waals surface area (Å²) in [5.41, 5.74) is -0.263. The minimum Gasteiger partial charge on any atom is -0.223 e. The maximum absolute atomic E-state index is 14.1. The molecule has 2 aromatic rings. The standard InChI is InChI=1S/C16H13ClF3N3/c1-3-8(2)4-12-15(16(17)23-13(7-21)22-12)14-10(19)5-9(18)6-11(14)20/h5-6,8H,3-4H2,1-2H3. The van der Waals surface area contributed by atoms with Crippen molar-refractivity contribution >= 4 is 11.6 Å². The zero-order chi connectivity index (χ0) is 17.1. The molecule has 0 bridgehead atoms. The van der Waals surface area contributed by atoms with Gasteiger partial charge in [0.1, 0.15) is 28.7 Å². The second-order valence-corrected chi connectivity index (χ2v) is 5.59. The fraction of sp³-hybridized carbons (Fsp3) is 0.312. The molecule has 0 saturated heterocycles. The van der Waals surface area contributed by atoms with E-state index in [0.717, 1.165) is 6.42 Å². The van der Waals surface area contributed by atoms with Crippen LogP contribution in [0, 0.1) is 34.7 Å². The van der Waals surface area contributed by atoms with Gasteiger partial charge in [-0.3, -0.25) is 0 Å². The summed E-state index contributed by atoms with van der Waals surface area (Å²) in [6.07, 6.45) is 1.16. The van der Waals surface area contributed by atoms with Crippen molar-refractivity contribution in [1.82, 2.24) is 9.97 Å². The Morgan fingerprint density at radius 3 is 2.30 bits per heavy atom. The quantitative estimate of drug-likeness (QED) is 0.760. The number of nitrogens with zero attached hydrogens (tertiary/aromatic N) is 3. The average Bonchev–Trinajstić information content (AvgIpc) is 2.48. The fourth-order valence-corrected chi connectivity index (χ4v) is 2.46. The molecule has 120 valence electrons. The molecule has 0 fully saturated rings. The molecule has 0 amide bonds. The molecule has 0 aliphatic carbocycles. The summed E-state index contributed by atoms with van der Waals surface area (Å²) in [7, 11) is 0. The van der Waals surface area contributed by atoms with Crippen LogP contribution >= 0.6 is 11.6 Å². The first-order valence-corrected chi connectivity index (χ1v) is 7.36. The first-order valence-electron chi connectivity index (χ1n) is 6.98. The van der Waals surface area contributed by atoms with Crippen LogP contribution in [0.5, 0.6) is 0 Å². The molecule has 7 heteroatoms. The minimum atomic E-state index is -1.09. The maximum Gasteiger partial charge on any atom is 0.233 e. The zero-order valence-corrected chi connectivity index (χ0v) is 13.3. The van der Waals surface area contributed by atoms with Gasteiger partial charge in [-0.2, -0.15) is 5.26 Å². The highest BCUT2D eigenvalue weighted by atomic mass is 35.5. The van der Waals surface area contributed by atoms with Crippen molar-refractivity contribution in [2.75, 3.05) is 0 Å². The van der Waals surface area contributed by atoms with Crippen LogP contribution in [-0.4, -0.2) is 9.97 Å². The summed E-state index contributed by atoms with van der Waals surface area (Å²) < 4.78 is 41.3. The van der Waals surface area contributed by atoms with E-state index in [2.05, 4.69) is 9.97 Å². The van der Waals surface area contributed by atoms with Gasteiger partial charge in [0.05, 0.1) is 11.3 Å².